The molecule has 0 bridgehead atoms. The summed E-state index contributed by atoms with van der Waals surface area (Å²) >= 11 is 0. The number of carbonyl (C=O) groups excluding carboxylic acids is 3. The van der Waals surface area contributed by atoms with Gasteiger partial charge in [-0.3, -0.25) is 9.59 Å². The van der Waals surface area contributed by atoms with E-state index in [1.807, 2.05) is 6.92 Å². The van der Waals surface area contributed by atoms with Crippen molar-refractivity contribution in [2.24, 2.45) is 11.3 Å². The first-order valence-corrected chi connectivity index (χ1v) is 5.71. The molecule has 2 saturated carbocycles. The first-order chi connectivity index (χ1) is 7.59. The molecule has 1 unspecified atom stereocenters. The fraction of sp³-hybridized carbons (Fsp3) is 0.750. The van der Waals surface area contributed by atoms with Crippen LogP contribution in [0.4, 0.5) is 0 Å². The monoisotopic (exact) mass is 224 g/mol. The van der Waals surface area contributed by atoms with Gasteiger partial charge < -0.3 is 9.53 Å². The van der Waals surface area contributed by atoms with E-state index in [9.17, 15) is 14.4 Å². The van der Waals surface area contributed by atoms with Crippen LogP contribution in [-0.2, 0) is 19.1 Å². The van der Waals surface area contributed by atoms with E-state index in [2.05, 4.69) is 0 Å². The normalized spacial score (nSPS) is 38.6. The lowest BCUT2D eigenvalue weighted by atomic mass is 9.67. The van der Waals surface area contributed by atoms with Gasteiger partial charge in [0.05, 0.1) is 0 Å². The molecule has 0 amide bonds. The predicted octanol–water partition coefficient (Wildman–Crippen LogP) is 0.919. The fourth-order valence-electron chi connectivity index (χ4n) is 3.01. The molecule has 4 nitrogen and oxygen atoms in total. The number of fused-ring (bicyclic) bond motifs is 1. The lowest BCUT2D eigenvalue weighted by molar-refractivity contribution is -0.148. The summed E-state index contributed by atoms with van der Waals surface area (Å²) in [4.78, 5) is 33.8. The Hall–Kier alpha value is -1.03. The second-order valence-electron chi connectivity index (χ2n) is 4.87. The first-order valence-electron chi connectivity index (χ1n) is 5.71. The predicted molar refractivity (Wildman–Crippen MR) is 55.9 cm³/mol. The lowest BCUT2D eigenvalue weighted by Gasteiger charge is -2.38. The summed E-state index contributed by atoms with van der Waals surface area (Å²) in [6.45, 7) is 1.87. The van der Waals surface area contributed by atoms with E-state index in [1.165, 1.54) is 0 Å². The molecule has 2 fully saturated rings. The second kappa shape index (κ2) is 4.09. The molecule has 16 heavy (non-hydrogen) atoms. The van der Waals surface area contributed by atoms with Crippen LogP contribution in [0.1, 0.15) is 32.6 Å². The second-order valence-corrected chi connectivity index (χ2v) is 4.87. The van der Waals surface area contributed by atoms with E-state index in [-0.39, 0.29) is 24.1 Å². The number of aldehydes is 1. The van der Waals surface area contributed by atoms with Crippen molar-refractivity contribution in [2.45, 2.75) is 38.7 Å². The highest BCUT2D eigenvalue weighted by molar-refractivity contribution is 5.93. The zero-order valence-electron chi connectivity index (χ0n) is 9.40. The van der Waals surface area contributed by atoms with Gasteiger partial charge in [-0.05, 0) is 12.8 Å². The molecule has 0 N–H and O–H groups in total. The van der Waals surface area contributed by atoms with Crippen LogP contribution >= 0.6 is 0 Å². The number of Topliss-reactive ketones (excluding diaryl/α,β-unsaturated/α-hetero) is 2. The van der Waals surface area contributed by atoms with Gasteiger partial charge in [-0.2, -0.15) is 0 Å². The smallest absolute Gasteiger partial charge is 0.161 e. The molecule has 0 aliphatic heterocycles. The van der Waals surface area contributed by atoms with Crippen LogP contribution in [0.3, 0.4) is 0 Å². The van der Waals surface area contributed by atoms with Gasteiger partial charge in [-0.15, -0.1) is 0 Å². The van der Waals surface area contributed by atoms with Gasteiger partial charge in [0.1, 0.15) is 24.8 Å². The third kappa shape index (κ3) is 1.61. The van der Waals surface area contributed by atoms with Gasteiger partial charge in [-0.25, -0.2) is 0 Å². The van der Waals surface area contributed by atoms with Gasteiger partial charge in [-0.1, -0.05) is 6.92 Å². The highest BCUT2D eigenvalue weighted by Crippen LogP contribution is 2.49. The average molecular weight is 224 g/mol. The van der Waals surface area contributed by atoms with Crippen LogP contribution in [-0.4, -0.2) is 30.6 Å². The van der Waals surface area contributed by atoms with E-state index in [0.29, 0.717) is 32.0 Å². The van der Waals surface area contributed by atoms with E-state index >= 15 is 0 Å². The summed E-state index contributed by atoms with van der Waals surface area (Å²) in [7, 11) is 0. The summed E-state index contributed by atoms with van der Waals surface area (Å²) in [6.07, 6.45) is 2.38. The van der Waals surface area contributed by atoms with Gasteiger partial charge in [0, 0.05) is 24.2 Å². The summed E-state index contributed by atoms with van der Waals surface area (Å²) in [6, 6.07) is 0. The minimum absolute atomic E-state index is 0.0267. The molecule has 2 rings (SSSR count). The third-order valence-electron chi connectivity index (χ3n) is 4.06. The Morgan fingerprint density at radius 2 is 2.19 bits per heavy atom. The molecule has 0 spiro atoms. The fourth-order valence-corrected chi connectivity index (χ4v) is 3.01. The zero-order chi connectivity index (χ0) is 11.8. The van der Waals surface area contributed by atoms with Crippen molar-refractivity contribution in [3.63, 3.8) is 0 Å². The van der Waals surface area contributed by atoms with Crippen LogP contribution in [0.2, 0.25) is 0 Å². The molecule has 3 atom stereocenters. The highest BCUT2D eigenvalue weighted by Gasteiger charge is 2.54. The highest BCUT2D eigenvalue weighted by atomic mass is 16.5. The van der Waals surface area contributed by atoms with Crippen molar-refractivity contribution in [2.75, 3.05) is 6.61 Å². The lowest BCUT2D eigenvalue weighted by Crippen LogP contribution is -2.46. The van der Waals surface area contributed by atoms with Crippen LogP contribution in [0, 0.1) is 11.3 Å². The van der Waals surface area contributed by atoms with Crippen LogP contribution in [0.25, 0.3) is 0 Å². The Labute approximate surface area is 94.3 Å². The molecule has 4 heteroatoms. The topological polar surface area (TPSA) is 60.4 Å². The number of ketones is 2. The molecule has 0 aromatic heterocycles. The van der Waals surface area contributed by atoms with Gasteiger partial charge in [0.15, 0.2) is 5.78 Å². The van der Waals surface area contributed by atoms with E-state index in [1.54, 1.807) is 0 Å². The molecule has 2 aliphatic rings. The quantitative estimate of drug-likeness (QED) is 0.669. The van der Waals surface area contributed by atoms with Gasteiger partial charge in [0.2, 0.25) is 0 Å². The molecule has 0 aromatic carbocycles. The number of rotatable bonds is 3. The van der Waals surface area contributed by atoms with E-state index in [4.69, 9.17) is 4.74 Å². The standard InChI is InChI=1S/C12H16O4/c1-12-5-4-9(14)11(16-7-6-13)8(12)2-3-10(12)15/h6,8,11H,2-5,7H2,1H3/t8-,11?,12-/m0/s1. The molecule has 88 valence electrons. The number of carbonyl (C=O) groups is 3. The third-order valence-corrected chi connectivity index (χ3v) is 4.06. The Morgan fingerprint density at radius 1 is 1.44 bits per heavy atom. The first kappa shape index (κ1) is 11.5. The largest absolute Gasteiger partial charge is 0.363 e. The molecule has 0 heterocycles. The summed E-state index contributed by atoms with van der Waals surface area (Å²) in [5, 5.41) is 0. The maximum atomic E-state index is 11.8. The van der Waals surface area contributed by atoms with E-state index in [0.717, 1.165) is 0 Å². The number of ether oxygens (including phenoxy) is 1. The van der Waals surface area contributed by atoms with Crippen molar-refractivity contribution < 1.29 is 19.1 Å². The molecule has 0 saturated heterocycles. The Balaban J connectivity index is 2.19. The average Bonchev–Trinajstić information content (AvgIpc) is 2.56. The van der Waals surface area contributed by atoms with Crippen molar-refractivity contribution in [1.29, 1.82) is 0 Å². The van der Waals surface area contributed by atoms with Crippen molar-refractivity contribution >= 4 is 17.9 Å². The Kier molecular flexibility index (Phi) is 2.93. The minimum Gasteiger partial charge on any atom is -0.363 e. The van der Waals surface area contributed by atoms with Gasteiger partial charge in [0.25, 0.3) is 0 Å². The SMILES string of the molecule is C[C@]12CCC(=O)C(OCC=O)[C@@H]1CCC2=O. The molecule has 0 aromatic rings. The van der Waals surface area contributed by atoms with Crippen molar-refractivity contribution in [3.05, 3.63) is 0 Å². The summed E-state index contributed by atoms with van der Waals surface area (Å²) in [5.74, 6) is 0.255. The van der Waals surface area contributed by atoms with Crippen molar-refractivity contribution in [1.82, 2.24) is 0 Å². The van der Waals surface area contributed by atoms with Crippen molar-refractivity contribution in [3.8, 4) is 0 Å². The van der Waals surface area contributed by atoms with Gasteiger partial charge >= 0.3 is 0 Å². The maximum absolute atomic E-state index is 11.8. The van der Waals surface area contributed by atoms with Crippen LogP contribution in [0.5, 0.6) is 0 Å². The molecular weight excluding hydrogens is 208 g/mol. The van der Waals surface area contributed by atoms with E-state index < -0.39 is 11.5 Å². The van der Waals surface area contributed by atoms with Crippen LogP contribution < -0.4 is 0 Å². The molecule has 0 radical (unpaired) electrons. The summed E-state index contributed by atoms with van der Waals surface area (Å²) < 4.78 is 5.30. The Morgan fingerprint density at radius 3 is 2.88 bits per heavy atom. The minimum atomic E-state index is -0.546. The maximum Gasteiger partial charge on any atom is 0.161 e. The number of hydrogen-bond donors (Lipinski definition) is 0. The molecule has 2 aliphatic carbocycles. The Bertz CT molecular complexity index is 336. The van der Waals surface area contributed by atoms with Crippen LogP contribution in [0.15, 0.2) is 0 Å². The summed E-state index contributed by atoms with van der Waals surface area (Å²) in [5.41, 5.74) is -0.401. The number of hydrogen-bond acceptors (Lipinski definition) is 4. The zero-order valence-corrected chi connectivity index (χ0v) is 9.40. The molecular formula is C12H16O4.